The van der Waals surface area contributed by atoms with Gasteiger partial charge in [-0.25, -0.2) is 4.39 Å². The molecule has 0 spiro atoms. The predicted molar refractivity (Wildman–Crippen MR) is 109 cm³/mol. The van der Waals surface area contributed by atoms with E-state index in [-0.39, 0.29) is 23.7 Å². The Kier molecular flexibility index (Phi) is 7.22. The summed E-state index contributed by atoms with van der Waals surface area (Å²) in [5.41, 5.74) is 1.42. The molecule has 2 aromatic rings. The molecule has 0 aliphatic heterocycles. The molecule has 1 aliphatic rings. The van der Waals surface area contributed by atoms with E-state index >= 15 is 0 Å². The standard InChI is InChI=1S/C23H27FN2O3/c1-2-29-20-7-4-3-6-19(20)23(28)25-15-5-8-21(27)26-22(16-9-10-16)17-11-13-18(24)14-12-17/h3-4,6-7,11-14,16,22H,2,5,8-10,15H2,1H3,(H,25,28)(H,26,27). The Morgan fingerprint density at radius 3 is 2.55 bits per heavy atom. The van der Waals surface area contributed by atoms with Gasteiger partial charge in [0.2, 0.25) is 5.91 Å². The van der Waals surface area contributed by atoms with E-state index in [2.05, 4.69) is 10.6 Å². The second-order valence-electron chi connectivity index (χ2n) is 7.22. The maximum absolute atomic E-state index is 13.2. The van der Waals surface area contributed by atoms with Gasteiger partial charge in [-0.1, -0.05) is 24.3 Å². The maximum Gasteiger partial charge on any atom is 0.255 e. The first-order chi connectivity index (χ1) is 14.1. The van der Waals surface area contributed by atoms with Crippen molar-refractivity contribution in [2.24, 2.45) is 5.92 Å². The van der Waals surface area contributed by atoms with Gasteiger partial charge in [-0.05, 0) is 61.9 Å². The molecule has 2 aromatic carbocycles. The third-order valence-electron chi connectivity index (χ3n) is 4.94. The monoisotopic (exact) mass is 398 g/mol. The number of ether oxygens (including phenoxy) is 1. The maximum atomic E-state index is 13.2. The van der Waals surface area contributed by atoms with Crippen LogP contribution in [-0.2, 0) is 4.79 Å². The van der Waals surface area contributed by atoms with Crippen LogP contribution in [0.5, 0.6) is 5.75 Å². The number of amides is 2. The second-order valence-corrected chi connectivity index (χ2v) is 7.22. The zero-order chi connectivity index (χ0) is 20.6. The van der Waals surface area contributed by atoms with Crippen molar-refractivity contribution in [3.05, 3.63) is 65.5 Å². The van der Waals surface area contributed by atoms with Crippen LogP contribution >= 0.6 is 0 Å². The molecule has 6 heteroatoms. The molecular formula is C23H27FN2O3. The van der Waals surface area contributed by atoms with Gasteiger partial charge in [-0.2, -0.15) is 0 Å². The third-order valence-corrected chi connectivity index (χ3v) is 4.94. The Morgan fingerprint density at radius 2 is 1.86 bits per heavy atom. The fourth-order valence-corrected chi connectivity index (χ4v) is 3.30. The first-order valence-electron chi connectivity index (χ1n) is 10.1. The van der Waals surface area contributed by atoms with E-state index < -0.39 is 0 Å². The number of nitrogens with one attached hydrogen (secondary N) is 2. The number of carbonyl (C=O) groups is 2. The van der Waals surface area contributed by atoms with Gasteiger partial charge >= 0.3 is 0 Å². The normalized spacial score (nSPS) is 14.1. The molecule has 1 saturated carbocycles. The van der Waals surface area contributed by atoms with Crippen LogP contribution in [0.1, 0.15) is 54.6 Å². The minimum absolute atomic E-state index is 0.0600. The fourth-order valence-electron chi connectivity index (χ4n) is 3.30. The van der Waals surface area contributed by atoms with Crippen LogP contribution in [0.2, 0.25) is 0 Å². The third kappa shape index (κ3) is 6.04. The van der Waals surface area contributed by atoms with E-state index in [0.29, 0.717) is 43.2 Å². The van der Waals surface area contributed by atoms with Gasteiger partial charge < -0.3 is 15.4 Å². The molecule has 2 amide bonds. The van der Waals surface area contributed by atoms with Crippen molar-refractivity contribution < 1.29 is 18.7 Å². The number of benzene rings is 2. The number of hydrogen-bond donors (Lipinski definition) is 2. The van der Waals surface area contributed by atoms with E-state index in [1.165, 1.54) is 12.1 Å². The Labute approximate surface area is 170 Å². The van der Waals surface area contributed by atoms with Gasteiger partial charge in [-0.15, -0.1) is 0 Å². The van der Waals surface area contributed by atoms with Crippen molar-refractivity contribution in [3.8, 4) is 5.75 Å². The van der Waals surface area contributed by atoms with E-state index in [4.69, 9.17) is 4.74 Å². The predicted octanol–water partition coefficient (Wildman–Crippen LogP) is 4.00. The molecule has 0 heterocycles. The lowest BCUT2D eigenvalue weighted by atomic mass is 10.0. The van der Waals surface area contributed by atoms with Crippen LogP contribution in [0, 0.1) is 11.7 Å². The largest absolute Gasteiger partial charge is 0.493 e. The van der Waals surface area contributed by atoms with Crippen molar-refractivity contribution in [1.29, 1.82) is 0 Å². The van der Waals surface area contributed by atoms with Gasteiger partial charge in [-0.3, -0.25) is 9.59 Å². The van der Waals surface area contributed by atoms with Crippen LogP contribution in [0.4, 0.5) is 4.39 Å². The number of carbonyl (C=O) groups excluding carboxylic acids is 2. The lowest BCUT2D eigenvalue weighted by molar-refractivity contribution is -0.122. The highest BCUT2D eigenvalue weighted by molar-refractivity contribution is 5.96. The second kappa shape index (κ2) is 10.0. The summed E-state index contributed by atoms with van der Waals surface area (Å²) in [5.74, 6) is 0.416. The lowest BCUT2D eigenvalue weighted by Crippen LogP contribution is -2.31. The quantitative estimate of drug-likeness (QED) is 0.595. The summed E-state index contributed by atoms with van der Waals surface area (Å²) in [4.78, 5) is 24.7. The summed E-state index contributed by atoms with van der Waals surface area (Å²) in [6.07, 6.45) is 2.99. The van der Waals surface area contributed by atoms with Crippen molar-refractivity contribution in [2.75, 3.05) is 13.2 Å². The topological polar surface area (TPSA) is 67.4 Å². The molecule has 154 valence electrons. The Bertz CT molecular complexity index is 834. The van der Waals surface area contributed by atoms with Crippen LogP contribution < -0.4 is 15.4 Å². The summed E-state index contributed by atoms with van der Waals surface area (Å²) >= 11 is 0. The summed E-state index contributed by atoms with van der Waals surface area (Å²) in [5, 5.41) is 5.91. The molecule has 0 bridgehead atoms. The molecule has 2 N–H and O–H groups in total. The van der Waals surface area contributed by atoms with Crippen LogP contribution in [0.15, 0.2) is 48.5 Å². The first-order valence-corrected chi connectivity index (χ1v) is 10.1. The number of para-hydroxylation sites is 1. The van der Waals surface area contributed by atoms with Crippen LogP contribution in [-0.4, -0.2) is 25.0 Å². The van der Waals surface area contributed by atoms with Gasteiger partial charge in [0.25, 0.3) is 5.91 Å². The van der Waals surface area contributed by atoms with Crippen LogP contribution in [0.25, 0.3) is 0 Å². The molecule has 1 fully saturated rings. The molecule has 0 radical (unpaired) electrons. The van der Waals surface area contributed by atoms with Crippen molar-refractivity contribution in [3.63, 3.8) is 0 Å². The summed E-state index contributed by atoms with van der Waals surface area (Å²) in [6.45, 7) is 2.76. The SMILES string of the molecule is CCOc1ccccc1C(=O)NCCCC(=O)NC(c1ccc(F)cc1)C1CC1. The van der Waals surface area contributed by atoms with Crippen LogP contribution in [0.3, 0.4) is 0 Å². The Morgan fingerprint density at radius 1 is 1.14 bits per heavy atom. The smallest absolute Gasteiger partial charge is 0.255 e. The van der Waals surface area contributed by atoms with E-state index in [1.807, 2.05) is 13.0 Å². The first kappa shape index (κ1) is 20.8. The molecule has 0 aromatic heterocycles. The van der Waals surface area contributed by atoms with Gasteiger partial charge in [0.15, 0.2) is 0 Å². The molecular weight excluding hydrogens is 371 g/mol. The fraction of sp³-hybridized carbons (Fsp3) is 0.391. The zero-order valence-electron chi connectivity index (χ0n) is 16.6. The van der Waals surface area contributed by atoms with E-state index in [1.54, 1.807) is 30.3 Å². The average Bonchev–Trinajstić information content (AvgIpc) is 3.56. The minimum atomic E-state index is -0.281. The molecule has 1 atom stereocenters. The molecule has 0 saturated heterocycles. The Balaban J connectivity index is 1.45. The van der Waals surface area contributed by atoms with Crippen molar-refractivity contribution in [2.45, 2.75) is 38.6 Å². The highest BCUT2D eigenvalue weighted by atomic mass is 19.1. The molecule has 5 nitrogen and oxygen atoms in total. The van der Waals surface area contributed by atoms with Gasteiger partial charge in [0, 0.05) is 13.0 Å². The summed E-state index contributed by atoms with van der Waals surface area (Å²) in [7, 11) is 0. The van der Waals surface area contributed by atoms with Gasteiger partial charge in [0.05, 0.1) is 18.2 Å². The summed E-state index contributed by atoms with van der Waals surface area (Å²) < 4.78 is 18.6. The number of halogens is 1. The summed E-state index contributed by atoms with van der Waals surface area (Å²) in [6, 6.07) is 13.3. The number of hydrogen-bond acceptors (Lipinski definition) is 3. The average molecular weight is 398 g/mol. The van der Waals surface area contributed by atoms with E-state index in [9.17, 15) is 14.0 Å². The number of rotatable bonds is 10. The Hall–Kier alpha value is -2.89. The molecule has 3 rings (SSSR count). The zero-order valence-corrected chi connectivity index (χ0v) is 16.6. The molecule has 29 heavy (non-hydrogen) atoms. The van der Waals surface area contributed by atoms with Crippen molar-refractivity contribution in [1.82, 2.24) is 10.6 Å². The molecule has 1 unspecified atom stereocenters. The minimum Gasteiger partial charge on any atom is -0.493 e. The molecule has 1 aliphatic carbocycles. The van der Waals surface area contributed by atoms with E-state index in [0.717, 1.165) is 18.4 Å². The highest BCUT2D eigenvalue weighted by Crippen LogP contribution is 2.41. The highest BCUT2D eigenvalue weighted by Gasteiger charge is 2.33. The lowest BCUT2D eigenvalue weighted by Gasteiger charge is -2.19. The van der Waals surface area contributed by atoms with Crippen molar-refractivity contribution >= 4 is 11.8 Å². The van der Waals surface area contributed by atoms with Gasteiger partial charge in [0.1, 0.15) is 11.6 Å².